The van der Waals surface area contributed by atoms with E-state index in [-0.39, 0.29) is 0 Å². The van der Waals surface area contributed by atoms with E-state index in [4.69, 9.17) is 0 Å². The summed E-state index contributed by atoms with van der Waals surface area (Å²) < 4.78 is 4.58. The van der Waals surface area contributed by atoms with Crippen LogP contribution in [0, 0.1) is 5.92 Å². The van der Waals surface area contributed by atoms with E-state index in [0.29, 0.717) is 11.1 Å². The number of benzene rings is 1. The quantitative estimate of drug-likeness (QED) is 0.342. The second-order valence-corrected chi connectivity index (χ2v) is 4.08. The molecule has 2 N–H and O–H groups in total. The molecule has 0 spiro atoms. The number of carbonyl (C=O) groups is 3. The lowest BCUT2D eigenvalue weighted by Gasteiger charge is -2.02. The number of hydrazone groups is 2. The first-order chi connectivity index (χ1) is 10.1. The predicted octanol–water partition coefficient (Wildman–Crippen LogP) is -0.345. The molecule has 0 fully saturated rings. The summed E-state index contributed by atoms with van der Waals surface area (Å²) in [6, 6.07) is 6.44. The molecule has 0 aliphatic carbocycles. The average molecular weight is 288 g/mol. The van der Waals surface area contributed by atoms with Crippen LogP contribution < -0.4 is 10.9 Å². The minimum Gasteiger partial charge on any atom is -0.465 e. The standard InChI is InChI=1S/C13H12N4O4/c1-21-13(20)9-4-2-8(3-5-9)6-14-16-11(18)10-7-15-17-12(10)19/h2-7,10H,1H3,(H,16,18)(H,17,19)/b14-6+. The first-order valence-corrected chi connectivity index (χ1v) is 5.96. The molecule has 8 nitrogen and oxygen atoms in total. The van der Waals surface area contributed by atoms with E-state index in [1.165, 1.54) is 19.5 Å². The van der Waals surface area contributed by atoms with E-state index in [1.54, 1.807) is 24.3 Å². The Labute approximate surface area is 119 Å². The van der Waals surface area contributed by atoms with Crippen molar-refractivity contribution in [3.63, 3.8) is 0 Å². The highest BCUT2D eigenvalue weighted by atomic mass is 16.5. The van der Waals surface area contributed by atoms with E-state index < -0.39 is 23.7 Å². The zero-order valence-electron chi connectivity index (χ0n) is 11.1. The van der Waals surface area contributed by atoms with E-state index in [0.717, 1.165) is 0 Å². The van der Waals surface area contributed by atoms with Gasteiger partial charge in [0.1, 0.15) is 0 Å². The van der Waals surface area contributed by atoms with Crippen LogP contribution >= 0.6 is 0 Å². The minimum atomic E-state index is -0.969. The van der Waals surface area contributed by atoms with Crippen molar-refractivity contribution >= 4 is 30.2 Å². The van der Waals surface area contributed by atoms with Crippen molar-refractivity contribution < 1.29 is 19.1 Å². The van der Waals surface area contributed by atoms with Gasteiger partial charge in [-0.15, -0.1) is 0 Å². The third kappa shape index (κ3) is 3.50. The van der Waals surface area contributed by atoms with Gasteiger partial charge in [0.2, 0.25) is 0 Å². The van der Waals surface area contributed by atoms with E-state index in [2.05, 4.69) is 25.8 Å². The molecule has 1 heterocycles. The summed E-state index contributed by atoms with van der Waals surface area (Å²) in [5.41, 5.74) is 5.48. The van der Waals surface area contributed by atoms with Crippen LogP contribution in [0.3, 0.4) is 0 Å². The van der Waals surface area contributed by atoms with Gasteiger partial charge < -0.3 is 4.74 Å². The SMILES string of the molecule is COC(=O)c1ccc(/C=N/NC(=O)C2C=NNC2=O)cc1. The predicted molar refractivity (Wildman–Crippen MR) is 73.6 cm³/mol. The number of esters is 1. The van der Waals surface area contributed by atoms with Crippen molar-refractivity contribution in [1.29, 1.82) is 0 Å². The Hall–Kier alpha value is -3.03. The molecule has 21 heavy (non-hydrogen) atoms. The van der Waals surface area contributed by atoms with Gasteiger partial charge in [0, 0.05) is 6.21 Å². The summed E-state index contributed by atoms with van der Waals surface area (Å²) in [6.45, 7) is 0. The number of nitrogens with zero attached hydrogens (tertiary/aromatic N) is 2. The lowest BCUT2D eigenvalue weighted by molar-refractivity contribution is -0.131. The van der Waals surface area contributed by atoms with Crippen molar-refractivity contribution in [1.82, 2.24) is 10.9 Å². The Morgan fingerprint density at radius 1 is 1.38 bits per heavy atom. The Balaban J connectivity index is 1.92. The van der Waals surface area contributed by atoms with Crippen LogP contribution in [-0.4, -0.2) is 37.3 Å². The minimum absolute atomic E-state index is 0.414. The third-order valence-corrected chi connectivity index (χ3v) is 2.68. The summed E-state index contributed by atoms with van der Waals surface area (Å²) in [7, 11) is 1.30. The summed E-state index contributed by atoms with van der Waals surface area (Å²) in [6.07, 6.45) is 2.60. The monoisotopic (exact) mass is 288 g/mol. The molecule has 0 radical (unpaired) electrons. The van der Waals surface area contributed by atoms with Crippen molar-refractivity contribution in [3.8, 4) is 0 Å². The second kappa shape index (κ2) is 6.42. The lowest BCUT2D eigenvalue weighted by Crippen LogP contribution is -2.34. The highest BCUT2D eigenvalue weighted by Gasteiger charge is 2.28. The maximum atomic E-state index is 11.6. The molecule has 1 aromatic rings. The van der Waals surface area contributed by atoms with Crippen molar-refractivity contribution in [2.75, 3.05) is 7.11 Å². The third-order valence-electron chi connectivity index (χ3n) is 2.68. The van der Waals surface area contributed by atoms with Gasteiger partial charge in [-0.3, -0.25) is 9.59 Å². The number of ether oxygens (including phenoxy) is 1. The molecule has 1 unspecified atom stereocenters. The fraction of sp³-hybridized carbons (Fsp3) is 0.154. The molecule has 0 aromatic heterocycles. The number of hydrogen-bond acceptors (Lipinski definition) is 6. The number of rotatable bonds is 4. The van der Waals surface area contributed by atoms with Gasteiger partial charge in [-0.25, -0.2) is 15.6 Å². The highest BCUT2D eigenvalue weighted by molar-refractivity contribution is 6.15. The molecule has 8 heteroatoms. The van der Waals surface area contributed by atoms with Crippen LogP contribution in [0.2, 0.25) is 0 Å². The Kier molecular flexibility index (Phi) is 4.39. The molecular weight excluding hydrogens is 276 g/mol. The maximum Gasteiger partial charge on any atom is 0.337 e. The van der Waals surface area contributed by atoms with Crippen molar-refractivity contribution in [2.24, 2.45) is 16.1 Å². The number of amides is 2. The number of methoxy groups -OCH3 is 1. The lowest BCUT2D eigenvalue weighted by atomic mass is 10.1. The number of carbonyl (C=O) groups excluding carboxylic acids is 3. The molecule has 0 bridgehead atoms. The van der Waals surface area contributed by atoms with Gasteiger partial charge in [-0.2, -0.15) is 10.2 Å². The molecule has 2 rings (SSSR count). The molecule has 1 aliphatic rings. The first kappa shape index (κ1) is 14.4. The fourth-order valence-electron chi connectivity index (χ4n) is 1.56. The molecule has 1 aromatic carbocycles. The number of nitrogens with one attached hydrogen (secondary N) is 2. The first-order valence-electron chi connectivity index (χ1n) is 5.96. The van der Waals surface area contributed by atoms with Crippen molar-refractivity contribution in [2.45, 2.75) is 0 Å². The van der Waals surface area contributed by atoms with Gasteiger partial charge in [0.25, 0.3) is 11.8 Å². The highest BCUT2D eigenvalue weighted by Crippen LogP contribution is 2.04. The average Bonchev–Trinajstić information content (AvgIpc) is 2.93. The largest absolute Gasteiger partial charge is 0.465 e. The van der Waals surface area contributed by atoms with Crippen LogP contribution in [0.25, 0.3) is 0 Å². The fourth-order valence-corrected chi connectivity index (χ4v) is 1.56. The normalized spacial score (nSPS) is 16.8. The Bertz CT molecular complexity index is 622. The van der Waals surface area contributed by atoms with Gasteiger partial charge in [0.15, 0.2) is 5.92 Å². The second-order valence-electron chi connectivity index (χ2n) is 4.08. The topological polar surface area (TPSA) is 109 Å². The zero-order valence-corrected chi connectivity index (χ0v) is 11.1. The molecule has 1 aliphatic heterocycles. The molecule has 0 saturated carbocycles. The van der Waals surface area contributed by atoms with E-state index in [9.17, 15) is 14.4 Å². The molecule has 1 atom stereocenters. The molecule has 0 saturated heterocycles. The van der Waals surface area contributed by atoms with E-state index in [1.807, 2.05) is 0 Å². The number of hydrogen-bond donors (Lipinski definition) is 2. The van der Waals surface area contributed by atoms with Gasteiger partial charge >= 0.3 is 5.97 Å². The van der Waals surface area contributed by atoms with Crippen LogP contribution in [0.15, 0.2) is 34.5 Å². The van der Waals surface area contributed by atoms with Gasteiger partial charge in [-0.1, -0.05) is 12.1 Å². The summed E-state index contributed by atoms with van der Waals surface area (Å²) in [5, 5.41) is 7.22. The van der Waals surface area contributed by atoms with Crippen molar-refractivity contribution in [3.05, 3.63) is 35.4 Å². The smallest absolute Gasteiger partial charge is 0.337 e. The molecule has 108 valence electrons. The summed E-state index contributed by atoms with van der Waals surface area (Å²) in [4.78, 5) is 34.0. The summed E-state index contributed by atoms with van der Waals surface area (Å²) >= 11 is 0. The molecule has 2 amide bonds. The Morgan fingerprint density at radius 3 is 2.67 bits per heavy atom. The van der Waals surface area contributed by atoms with E-state index >= 15 is 0 Å². The zero-order chi connectivity index (χ0) is 15.2. The van der Waals surface area contributed by atoms with Crippen LogP contribution in [-0.2, 0) is 14.3 Å². The van der Waals surface area contributed by atoms with Gasteiger partial charge in [0.05, 0.1) is 18.9 Å². The van der Waals surface area contributed by atoms with Crippen LogP contribution in [0.5, 0.6) is 0 Å². The Morgan fingerprint density at radius 2 is 2.10 bits per heavy atom. The maximum absolute atomic E-state index is 11.6. The van der Waals surface area contributed by atoms with Gasteiger partial charge in [-0.05, 0) is 17.7 Å². The van der Waals surface area contributed by atoms with Crippen LogP contribution in [0.1, 0.15) is 15.9 Å². The van der Waals surface area contributed by atoms with Crippen LogP contribution in [0.4, 0.5) is 0 Å². The summed E-state index contributed by atoms with van der Waals surface area (Å²) in [5.74, 6) is -2.47. The molecular formula is C13H12N4O4.